The molecule has 3 nitrogen and oxygen atoms in total. The van der Waals surface area contributed by atoms with Crippen LogP contribution in [0.3, 0.4) is 0 Å². The molecule has 1 fully saturated rings. The summed E-state index contributed by atoms with van der Waals surface area (Å²) in [7, 11) is 0. The summed E-state index contributed by atoms with van der Waals surface area (Å²) < 4.78 is 5.12. The number of rotatable bonds is 2. The Morgan fingerprint density at radius 1 is 1.75 bits per heavy atom. The van der Waals surface area contributed by atoms with Crippen LogP contribution < -0.4 is 0 Å². The Kier molecular flexibility index (Phi) is 2.37. The van der Waals surface area contributed by atoms with Gasteiger partial charge in [-0.3, -0.25) is 0 Å². The molecular formula is C8H11NO2S. The molecule has 2 rings (SSSR count). The first-order valence-electron chi connectivity index (χ1n) is 4.04. The first-order chi connectivity index (χ1) is 5.92. The SMILES string of the molecule is OCc1cnoc1C1CCSC1. The minimum atomic E-state index is 0.0417. The molecule has 0 amide bonds. The van der Waals surface area contributed by atoms with Crippen molar-refractivity contribution >= 4 is 11.8 Å². The average Bonchev–Trinajstić information content (AvgIpc) is 2.74. The minimum Gasteiger partial charge on any atom is -0.391 e. The van der Waals surface area contributed by atoms with Gasteiger partial charge in [-0.25, -0.2) is 0 Å². The second-order valence-electron chi connectivity index (χ2n) is 2.93. The van der Waals surface area contributed by atoms with Gasteiger partial charge in [0.25, 0.3) is 0 Å². The summed E-state index contributed by atoms with van der Waals surface area (Å²) in [4.78, 5) is 0. The molecule has 1 aromatic rings. The zero-order chi connectivity index (χ0) is 8.39. The quantitative estimate of drug-likeness (QED) is 0.756. The van der Waals surface area contributed by atoms with E-state index >= 15 is 0 Å². The molecule has 0 aromatic carbocycles. The lowest BCUT2D eigenvalue weighted by Gasteiger charge is -2.03. The Bertz CT molecular complexity index is 255. The van der Waals surface area contributed by atoms with E-state index in [0.717, 1.165) is 23.5 Å². The van der Waals surface area contributed by atoms with Crippen LogP contribution in [0.15, 0.2) is 10.7 Å². The van der Waals surface area contributed by atoms with Crippen LogP contribution in [0.5, 0.6) is 0 Å². The zero-order valence-corrected chi connectivity index (χ0v) is 7.51. The van der Waals surface area contributed by atoms with Gasteiger partial charge in [-0.1, -0.05) is 5.16 Å². The lowest BCUT2D eigenvalue weighted by Crippen LogP contribution is -1.98. The van der Waals surface area contributed by atoms with Crippen molar-refractivity contribution in [2.24, 2.45) is 0 Å². The van der Waals surface area contributed by atoms with E-state index in [-0.39, 0.29) is 6.61 Å². The van der Waals surface area contributed by atoms with Crippen molar-refractivity contribution < 1.29 is 9.63 Å². The van der Waals surface area contributed by atoms with E-state index in [0.29, 0.717) is 5.92 Å². The van der Waals surface area contributed by atoms with Crippen molar-refractivity contribution in [1.29, 1.82) is 0 Å². The van der Waals surface area contributed by atoms with E-state index in [9.17, 15) is 0 Å². The average molecular weight is 185 g/mol. The third kappa shape index (κ3) is 1.36. The van der Waals surface area contributed by atoms with E-state index < -0.39 is 0 Å². The van der Waals surface area contributed by atoms with Crippen LogP contribution in [0, 0.1) is 0 Å². The van der Waals surface area contributed by atoms with E-state index in [1.807, 2.05) is 11.8 Å². The smallest absolute Gasteiger partial charge is 0.146 e. The van der Waals surface area contributed by atoms with Crippen molar-refractivity contribution in [2.75, 3.05) is 11.5 Å². The third-order valence-electron chi connectivity index (χ3n) is 2.15. The van der Waals surface area contributed by atoms with E-state index in [4.69, 9.17) is 9.63 Å². The Morgan fingerprint density at radius 2 is 2.67 bits per heavy atom. The van der Waals surface area contributed by atoms with Gasteiger partial charge in [-0.15, -0.1) is 0 Å². The Balaban J connectivity index is 2.19. The fraction of sp³-hybridized carbons (Fsp3) is 0.625. The predicted octanol–water partition coefficient (Wildman–Crippen LogP) is 1.39. The summed E-state index contributed by atoms with van der Waals surface area (Å²) in [5, 5.41) is 12.7. The Labute approximate surface area is 75.1 Å². The van der Waals surface area contributed by atoms with Crippen molar-refractivity contribution in [1.82, 2.24) is 5.16 Å². The molecule has 1 aliphatic heterocycles. The summed E-state index contributed by atoms with van der Waals surface area (Å²) in [6.45, 7) is 0.0417. The fourth-order valence-corrected chi connectivity index (χ4v) is 2.69. The molecule has 1 aliphatic rings. The fourth-order valence-electron chi connectivity index (χ4n) is 1.47. The molecule has 0 saturated carbocycles. The van der Waals surface area contributed by atoms with E-state index in [1.165, 1.54) is 5.75 Å². The molecule has 2 heterocycles. The Hall–Kier alpha value is -0.480. The van der Waals surface area contributed by atoms with Gasteiger partial charge in [0, 0.05) is 17.2 Å². The maximum Gasteiger partial charge on any atom is 0.146 e. The second kappa shape index (κ2) is 3.49. The second-order valence-corrected chi connectivity index (χ2v) is 4.08. The topological polar surface area (TPSA) is 46.3 Å². The minimum absolute atomic E-state index is 0.0417. The van der Waals surface area contributed by atoms with Gasteiger partial charge in [-0.05, 0) is 12.2 Å². The molecular weight excluding hydrogens is 174 g/mol. The predicted molar refractivity (Wildman–Crippen MR) is 47.1 cm³/mol. The number of hydrogen-bond acceptors (Lipinski definition) is 4. The molecule has 1 unspecified atom stereocenters. The molecule has 1 saturated heterocycles. The number of thioether (sulfide) groups is 1. The van der Waals surface area contributed by atoms with Gasteiger partial charge in [0.05, 0.1) is 12.8 Å². The highest BCUT2D eigenvalue weighted by molar-refractivity contribution is 7.99. The standard InChI is InChI=1S/C8H11NO2S/c10-4-7-3-9-11-8(7)6-1-2-12-5-6/h3,6,10H,1-2,4-5H2. The number of aliphatic hydroxyl groups is 1. The highest BCUT2D eigenvalue weighted by atomic mass is 32.2. The normalized spacial score (nSPS) is 23.2. The van der Waals surface area contributed by atoms with Gasteiger partial charge < -0.3 is 9.63 Å². The highest BCUT2D eigenvalue weighted by Crippen LogP contribution is 2.33. The molecule has 1 N–H and O–H groups in total. The number of nitrogens with zero attached hydrogens (tertiary/aromatic N) is 1. The van der Waals surface area contributed by atoms with Crippen LogP contribution in [-0.4, -0.2) is 21.8 Å². The van der Waals surface area contributed by atoms with Crippen LogP contribution in [0.25, 0.3) is 0 Å². The van der Waals surface area contributed by atoms with Gasteiger partial charge >= 0.3 is 0 Å². The summed E-state index contributed by atoms with van der Waals surface area (Å²) >= 11 is 1.93. The third-order valence-corrected chi connectivity index (χ3v) is 3.31. The summed E-state index contributed by atoms with van der Waals surface area (Å²) in [6.07, 6.45) is 2.76. The maximum absolute atomic E-state index is 8.96. The zero-order valence-electron chi connectivity index (χ0n) is 6.69. The van der Waals surface area contributed by atoms with Crippen LogP contribution >= 0.6 is 11.8 Å². The van der Waals surface area contributed by atoms with E-state index in [2.05, 4.69) is 5.16 Å². The van der Waals surface area contributed by atoms with Crippen molar-refractivity contribution in [3.05, 3.63) is 17.5 Å². The van der Waals surface area contributed by atoms with Crippen molar-refractivity contribution in [2.45, 2.75) is 18.9 Å². The highest BCUT2D eigenvalue weighted by Gasteiger charge is 2.23. The Morgan fingerprint density at radius 3 is 3.33 bits per heavy atom. The van der Waals surface area contributed by atoms with Gasteiger partial charge in [0.1, 0.15) is 5.76 Å². The van der Waals surface area contributed by atoms with Crippen LogP contribution in [-0.2, 0) is 6.61 Å². The molecule has 4 heteroatoms. The first kappa shape index (κ1) is 8.13. The molecule has 0 aliphatic carbocycles. The van der Waals surface area contributed by atoms with E-state index in [1.54, 1.807) is 6.20 Å². The van der Waals surface area contributed by atoms with Crippen LogP contribution in [0.1, 0.15) is 23.7 Å². The van der Waals surface area contributed by atoms with Crippen molar-refractivity contribution in [3.63, 3.8) is 0 Å². The molecule has 0 radical (unpaired) electrons. The summed E-state index contributed by atoms with van der Waals surface area (Å²) in [5.41, 5.74) is 0.850. The van der Waals surface area contributed by atoms with Crippen LogP contribution in [0.4, 0.5) is 0 Å². The summed E-state index contributed by atoms with van der Waals surface area (Å²) in [5.74, 6) is 3.65. The molecule has 12 heavy (non-hydrogen) atoms. The monoisotopic (exact) mass is 185 g/mol. The number of aromatic nitrogens is 1. The molecule has 0 spiro atoms. The summed E-state index contributed by atoms with van der Waals surface area (Å²) in [6, 6.07) is 0. The van der Waals surface area contributed by atoms with Crippen LogP contribution in [0.2, 0.25) is 0 Å². The lowest BCUT2D eigenvalue weighted by molar-refractivity contribution is 0.275. The molecule has 1 aromatic heterocycles. The number of aliphatic hydroxyl groups excluding tert-OH is 1. The maximum atomic E-state index is 8.96. The molecule has 66 valence electrons. The van der Waals surface area contributed by atoms with Crippen molar-refractivity contribution in [3.8, 4) is 0 Å². The molecule has 0 bridgehead atoms. The lowest BCUT2D eigenvalue weighted by atomic mass is 10.0. The van der Waals surface area contributed by atoms with Gasteiger partial charge in [-0.2, -0.15) is 11.8 Å². The first-order valence-corrected chi connectivity index (χ1v) is 5.19. The van der Waals surface area contributed by atoms with Gasteiger partial charge in [0.2, 0.25) is 0 Å². The largest absolute Gasteiger partial charge is 0.391 e. The molecule has 1 atom stereocenters. The number of hydrogen-bond donors (Lipinski definition) is 1. The van der Waals surface area contributed by atoms with Gasteiger partial charge in [0.15, 0.2) is 0 Å².